The first-order valence-corrected chi connectivity index (χ1v) is 11.7. The predicted molar refractivity (Wildman–Crippen MR) is 118 cm³/mol. The zero-order valence-corrected chi connectivity index (χ0v) is 18.9. The Bertz CT molecular complexity index is 1050. The number of carboxylic acid groups (broad SMARTS) is 1. The highest BCUT2D eigenvalue weighted by Gasteiger charge is 2.32. The van der Waals surface area contributed by atoms with Gasteiger partial charge in [0, 0.05) is 24.2 Å². The number of sulfonamides is 1. The molecule has 0 amide bonds. The minimum absolute atomic E-state index is 0.0640. The van der Waals surface area contributed by atoms with E-state index >= 15 is 0 Å². The Hall–Kier alpha value is -2.09. The number of halogens is 1. The third kappa shape index (κ3) is 5.14. The lowest BCUT2D eigenvalue weighted by atomic mass is 9.85. The topological polar surface area (TPSA) is 86.7 Å². The van der Waals surface area contributed by atoms with E-state index in [0.717, 1.165) is 24.1 Å². The third-order valence-electron chi connectivity index (χ3n) is 5.61. The van der Waals surface area contributed by atoms with Crippen LogP contribution in [-0.2, 0) is 27.8 Å². The fourth-order valence-electron chi connectivity index (χ4n) is 3.82. The van der Waals surface area contributed by atoms with Gasteiger partial charge in [0.25, 0.3) is 10.0 Å². The van der Waals surface area contributed by atoms with Crippen molar-refractivity contribution in [1.29, 1.82) is 0 Å². The van der Waals surface area contributed by atoms with E-state index < -0.39 is 21.4 Å². The number of rotatable bonds is 7. The average Bonchev–Trinajstić information content (AvgIpc) is 2.66. The van der Waals surface area contributed by atoms with Gasteiger partial charge in [0.1, 0.15) is 0 Å². The lowest BCUT2D eigenvalue weighted by Gasteiger charge is -2.36. The molecule has 0 saturated carbocycles. The summed E-state index contributed by atoms with van der Waals surface area (Å²) in [5.41, 5.74) is 1.67. The molecular weight excluding hydrogens is 424 g/mol. The van der Waals surface area contributed by atoms with E-state index in [4.69, 9.17) is 11.6 Å². The van der Waals surface area contributed by atoms with Crippen LogP contribution in [0.25, 0.3) is 0 Å². The molecule has 162 valence electrons. The molecule has 8 heteroatoms. The van der Waals surface area contributed by atoms with Crippen molar-refractivity contribution in [2.45, 2.75) is 51.1 Å². The van der Waals surface area contributed by atoms with Crippen LogP contribution in [0.4, 0.5) is 5.69 Å². The van der Waals surface area contributed by atoms with Crippen LogP contribution in [0, 0.1) is 5.41 Å². The third-order valence-corrected chi connectivity index (χ3v) is 7.23. The molecule has 0 saturated heterocycles. The molecule has 6 nitrogen and oxygen atoms in total. The Balaban J connectivity index is 1.78. The van der Waals surface area contributed by atoms with Crippen LogP contribution in [0.5, 0.6) is 0 Å². The van der Waals surface area contributed by atoms with Gasteiger partial charge in [-0.05, 0) is 75.1 Å². The van der Waals surface area contributed by atoms with Crippen molar-refractivity contribution in [3.05, 3.63) is 58.6 Å². The highest BCUT2D eigenvalue weighted by molar-refractivity contribution is 7.92. The molecule has 0 bridgehead atoms. The molecule has 1 aliphatic heterocycles. The summed E-state index contributed by atoms with van der Waals surface area (Å²) >= 11 is 5.95. The summed E-state index contributed by atoms with van der Waals surface area (Å²) in [6.45, 7) is 6.90. The highest BCUT2D eigenvalue weighted by atomic mass is 35.5. The van der Waals surface area contributed by atoms with Crippen molar-refractivity contribution in [2.75, 3.05) is 11.3 Å². The summed E-state index contributed by atoms with van der Waals surface area (Å²) in [6.07, 6.45) is 1.32. The van der Waals surface area contributed by atoms with Crippen molar-refractivity contribution >= 4 is 33.3 Å². The van der Waals surface area contributed by atoms with Gasteiger partial charge < -0.3 is 5.11 Å². The Kier molecular flexibility index (Phi) is 6.45. The Labute approximate surface area is 182 Å². The molecule has 0 radical (unpaired) electrons. The molecule has 2 aromatic carbocycles. The van der Waals surface area contributed by atoms with E-state index in [1.807, 2.05) is 13.0 Å². The predicted octanol–water partition coefficient (Wildman–Crippen LogP) is 4.39. The maximum atomic E-state index is 12.8. The van der Waals surface area contributed by atoms with Gasteiger partial charge in [-0.2, -0.15) is 0 Å². The van der Waals surface area contributed by atoms with E-state index in [-0.39, 0.29) is 10.9 Å². The van der Waals surface area contributed by atoms with E-state index in [1.54, 1.807) is 50.2 Å². The Morgan fingerprint density at radius 1 is 1.23 bits per heavy atom. The van der Waals surface area contributed by atoms with Gasteiger partial charge in [-0.25, -0.2) is 8.42 Å². The van der Waals surface area contributed by atoms with Gasteiger partial charge in [-0.3, -0.25) is 14.4 Å². The first kappa shape index (κ1) is 22.6. The molecule has 0 fully saturated rings. The highest BCUT2D eigenvalue weighted by Crippen LogP contribution is 2.30. The normalized spacial score (nSPS) is 16.0. The summed E-state index contributed by atoms with van der Waals surface area (Å²) < 4.78 is 28.3. The molecule has 3 rings (SSSR count). The maximum absolute atomic E-state index is 12.8. The second-order valence-electron chi connectivity index (χ2n) is 8.51. The summed E-state index contributed by atoms with van der Waals surface area (Å²) in [6, 6.07) is 11.8. The molecule has 2 aromatic rings. The standard InChI is InChI=1S/C22H27ClN2O4S/c1-15(13-22(2,3)21(26)27)25-10-9-16-7-8-20(11-17(16)14-25)30(28,29)24-19-6-4-5-18(23)12-19/h4-8,11-12,15,24H,9-10,13-14H2,1-3H3,(H,26,27). The summed E-state index contributed by atoms with van der Waals surface area (Å²) in [4.78, 5) is 13.9. The van der Waals surface area contributed by atoms with Gasteiger partial charge in [0.05, 0.1) is 16.0 Å². The van der Waals surface area contributed by atoms with Crippen LogP contribution in [0.1, 0.15) is 38.3 Å². The second kappa shape index (κ2) is 8.57. The molecular formula is C22H27ClN2O4S. The smallest absolute Gasteiger partial charge is 0.309 e. The van der Waals surface area contributed by atoms with Crippen LogP contribution in [0.3, 0.4) is 0 Å². The maximum Gasteiger partial charge on any atom is 0.309 e. The molecule has 30 heavy (non-hydrogen) atoms. The summed E-state index contributed by atoms with van der Waals surface area (Å²) in [5.74, 6) is -0.813. The number of carboxylic acids is 1. The fourth-order valence-corrected chi connectivity index (χ4v) is 5.11. The largest absolute Gasteiger partial charge is 0.481 e. The number of hydrogen-bond donors (Lipinski definition) is 2. The van der Waals surface area contributed by atoms with Crippen LogP contribution in [-0.4, -0.2) is 37.0 Å². The molecule has 0 aromatic heterocycles. The Morgan fingerprint density at radius 3 is 2.63 bits per heavy atom. The van der Waals surface area contributed by atoms with Crippen LogP contribution in [0.2, 0.25) is 5.02 Å². The molecule has 2 N–H and O–H groups in total. The van der Waals surface area contributed by atoms with Gasteiger partial charge in [0.15, 0.2) is 0 Å². The minimum atomic E-state index is -3.75. The zero-order valence-electron chi connectivity index (χ0n) is 17.4. The SMILES string of the molecule is CC(CC(C)(C)C(=O)O)N1CCc2ccc(S(=O)(=O)Nc3cccc(Cl)c3)cc2C1. The Morgan fingerprint density at radius 2 is 1.97 bits per heavy atom. The van der Waals surface area contributed by atoms with Crippen molar-refractivity contribution in [1.82, 2.24) is 4.90 Å². The fraction of sp³-hybridized carbons (Fsp3) is 0.409. The van der Waals surface area contributed by atoms with Gasteiger partial charge in [-0.15, -0.1) is 0 Å². The van der Waals surface area contributed by atoms with Crippen molar-refractivity contribution < 1.29 is 18.3 Å². The quantitative estimate of drug-likeness (QED) is 0.653. The van der Waals surface area contributed by atoms with Crippen molar-refractivity contribution in [3.63, 3.8) is 0 Å². The monoisotopic (exact) mass is 450 g/mol. The van der Waals surface area contributed by atoms with Gasteiger partial charge >= 0.3 is 5.97 Å². The van der Waals surface area contributed by atoms with E-state index in [1.165, 1.54) is 0 Å². The number of hydrogen-bond acceptors (Lipinski definition) is 4. The van der Waals surface area contributed by atoms with Crippen LogP contribution < -0.4 is 4.72 Å². The van der Waals surface area contributed by atoms with Crippen molar-refractivity contribution in [3.8, 4) is 0 Å². The number of anilines is 1. The van der Waals surface area contributed by atoms with Crippen molar-refractivity contribution in [2.24, 2.45) is 5.41 Å². The molecule has 0 spiro atoms. The number of carbonyl (C=O) groups is 1. The number of nitrogens with one attached hydrogen (secondary N) is 1. The van der Waals surface area contributed by atoms with Crippen LogP contribution in [0.15, 0.2) is 47.4 Å². The molecule has 1 aliphatic rings. The summed E-state index contributed by atoms with van der Waals surface area (Å²) in [5, 5.41) is 9.86. The van der Waals surface area contributed by atoms with Gasteiger partial charge in [-0.1, -0.05) is 23.7 Å². The number of aliphatic carboxylic acids is 1. The lowest BCUT2D eigenvalue weighted by molar-refractivity contribution is -0.148. The minimum Gasteiger partial charge on any atom is -0.481 e. The zero-order chi connectivity index (χ0) is 22.1. The number of benzene rings is 2. The molecule has 1 atom stereocenters. The average molecular weight is 451 g/mol. The summed E-state index contributed by atoms with van der Waals surface area (Å²) in [7, 11) is -3.75. The molecule has 0 aliphatic carbocycles. The number of fused-ring (bicyclic) bond motifs is 1. The van der Waals surface area contributed by atoms with E-state index in [2.05, 4.69) is 9.62 Å². The number of nitrogens with zero attached hydrogens (tertiary/aromatic N) is 1. The lowest BCUT2D eigenvalue weighted by Crippen LogP contribution is -2.41. The van der Waals surface area contributed by atoms with E-state index in [9.17, 15) is 18.3 Å². The first-order valence-electron chi connectivity index (χ1n) is 9.85. The second-order valence-corrected chi connectivity index (χ2v) is 10.6. The molecule has 1 unspecified atom stereocenters. The van der Waals surface area contributed by atoms with E-state index in [0.29, 0.717) is 23.7 Å². The first-order chi connectivity index (χ1) is 14.0. The van der Waals surface area contributed by atoms with Crippen LogP contribution >= 0.6 is 11.6 Å². The molecule has 1 heterocycles. The van der Waals surface area contributed by atoms with Gasteiger partial charge in [0.2, 0.25) is 0 Å².